The fourth-order valence-corrected chi connectivity index (χ4v) is 3.20. The van der Waals surface area contributed by atoms with E-state index < -0.39 is 0 Å². The Morgan fingerprint density at radius 2 is 1.83 bits per heavy atom. The van der Waals surface area contributed by atoms with E-state index in [1.54, 1.807) is 30.2 Å². The summed E-state index contributed by atoms with van der Waals surface area (Å²) in [7, 11) is 0. The maximum Gasteiger partial charge on any atom is 0.254 e. The zero-order valence-corrected chi connectivity index (χ0v) is 16.0. The first-order valence-corrected chi connectivity index (χ1v) is 9.40. The molecular formula is C21H21FN6O. The summed E-state index contributed by atoms with van der Waals surface area (Å²) in [6.45, 7) is 4.05. The lowest BCUT2D eigenvalue weighted by molar-refractivity contribution is 0.0746. The number of hydrogen-bond donors (Lipinski definition) is 1. The van der Waals surface area contributed by atoms with Crippen LogP contribution in [0.25, 0.3) is 0 Å². The van der Waals surface area contributed by atoms with Gasteiger partial charge < -0.3 is 15.1 Å². The van der Waals surface area contributed by atoms with Crippen LogP contribution in [-0.4, -0.2) is 51.9 Å². The van der Waals surface area contributed by atoms with Gasteiger partial charge in [-0.25, -0.2) is 19.3 Å². The number of nitrogens with zero attached hydrogens (tertiary/aromatic N) is 5. The third-order valence-electron chi connectivity index (χ3n) is 4.88. The fourth-order valence-electron chi connectivity index (χ4n) is 3.20. The second-order valence-corrected chi connectivity index (χ2v) is 6.84. The predicted octanol–water partition coefficient (Wildman–Crippen LogP) is 3.03. The molecular weight excluding hydrogens is 371 g/mol. The molecule has 1 amide bonds. The number of carbonyl (C=O) groups is 1. The molecule has 0 bridgehead atoms. The summed E-state index contributed by atoms with van der Waals surface area (Å²) in [4.78, 5) is 29.3. The molecule has 7 nitrogen and oxygen atoms in total. The summed E-state index contributed by atoms with van der Waals surface area (Å²) in [6.07, 6.45) is 3.22. The molecule has 0 radical (unpaired) electrons. The van der Waals surface area contributed by atoms with E-state index in [4.69, 9.17) is 0 Å². The van der Waals surface area contributed by atoms with Gasteiger partial charge in [-0.2, -0.15) is 0 Å². The van der Waals surface area contributed by atoms with Crippen molar-refractivity contribution in [3.8, 4) is 0 Å². The molecule has 1 fully saturated rings. The molecule has 3 aromatic rings. The van der Waals surface area contributed by atoms with Crippen LogP contribution < -0.4 is 10.2 Å². The van der Waals surface area contributed by atoms with E-state index >= 15 is 0 Å². The van der Waals surface area contributed by atoms with Gasteiger partial charge in [0.1, 0.15) is 29.6 Å². The first kappa shape index (κ1) is 18.8. The molecule has 1 saturated heterocycles. The number of benzene rings is 1. The average Bonchev–Trinajstić information content (AvgIpc) is 2.76. The molecule has 0 atom stereocenters. The number of pyridine rings is 1. The molecule has 3 heterocycles. The molecule has 29 heavy (non-hydrogen) atoms. The van der Waals surface area contributed by atoms with E-state index in [2.05, 4.69) is 25.2 Å². The quantitative estimate of drug-likeness (QED) is 0.736. The van der Waals surface area contributed by atoms with E-state index in [-0.39, 0.29) is 11.7 Å². The van der Waals surface area contributed by atoms with E-state index in [0.717, 1.165) is 5.82 Å². The molecule has 2 aromatic heterocycles. The lowest BCUT2D eigenvalue weighted by Crippen LogP contribution is -2.49. The van der Waals surface area contributed by atoms with Crippen LogP contribution in [0.4, 0.5) is 21.8 Å². The second-order valence-electron chi connectivity index (χ2n) is 6.84. The second kappa shape index (κ2) is 8.22. The number of rotatable bonds is 4. The summed E-state index contributed by atoms with van der Waals surface area (Å²) in [5.41, 5.74) is 0.913. The standard InChI is InChI=1S/C21H21FN6O/c1-15-5-6-16(12-17(15)22)21(29)28-10-8-27(9-11-28)20-13-19(24-14-25-20)26-18-4-2-3-7-23-18/h2-7,12-14H,8-11H2,1H3,(H,23,24,25,26). The van der Waals surface area contributed by atoms with E-state index in [0.29, 0.717) is 48.9 Å². The highest BCUT2D eigenvalue weighted by molar-refractivity contribution is 5.94. The number of anilines is 3. The normalized spacial score (nSPS) is 14.0. The van der Waals surface area contributed by atoms with Gasteiger partial charge in [0.2, 0.25) is 0 Å². The maximum atomic E-state index is 13.8. The molecule has 1 aliphatic rings. The Balaban J connectivity index is 1.40. The molecule has 148 valence electrons. The highest BCUT2D eigenvalue weighted by Crippen LogP contribution is 2.19. The zero-order chi connectivity index (χ0) is 20.2. The van der Waals surface area contributed by atoms with Gasteiger partial charge >= 0.3 is 0 Å². The van der Waals surface area contributed by atoms with Gasteiger partial charge in [0, 0.05) is 44.0 Å². The van der Waals surface area contributed by atoms with Crippen molar-refractivity contribution in [3.05, 3.63) is 71.9 Å². The smallest absolute Gasteiger partial charge is 0.254 e. The Morgan fingerprint density at radius 1 is 1.00 bits per heavy atom. The van der Waals surface area contributed by atoms with Gasteiger partial charge in [-0.1, -0.05) is 12.1 Å². The van der Waals surface area contributed by atoms with Gasteiger partial charge in [0.25, 0.3) is 5.91 Å². The monoisotopic (exact) mass is 392 g/mol. The van der Waals surface area contributed by atoms with Gasteiger partial charge in [-0.05, 0) is 36.8 Å². The molecule has 0 unspecified atom stereocenters. The SMILES string of the molecule is Cc1ccc(C(=O)N2CCN(c3cc(Nc4ccccn4)ncn3)CC2)cc1F. The van der Waals surface area contributed by atoms with Crippen molar-refractivity contribution in [3.63, 3.8) is 0 Å². The van der Waals surface area contributed by atoms with Crippen molar-refractivity contribution < 1.29 is 9.18 Å². The van der Waals surface area contributed by atoms with E-state index in [1.807, 2.05) is 24.3 Å². The minimum absolute atomic E-state index is 0.149. The number of nitrogens with one attached hydrogen (secondary N) is 1. The van der Waals surface area contributed by atoms with Gasteiger partial charge in [-0.3, -0.25) is 4.79 Å². The van der Waals surface area contributed by atoms with Gasteiger partial charge in [0.15, 0.2) is 0 Å². The van der Waals surface area contributed by atoms with Crippen molar-refractivity contribution in [2.24, 2.45) is 0 Å². The van der Waals surface area contributed by atoms with Crippen LogP contribution >= 0.6 is 0 Å². The minimum Gasteiger partial charge on any atom is -0.353 e. The van der Waals surface area contributed by atoms with Crippen molar-refractivity contribution in [1.29, 1.82) is 0 Å². The molecule has 4 rings (SSSR count). The van der Waals surface area contributed by atoms with Gasteiger partial charge in [-0.15, -0.1) is 0 Å². The van der Waals surface area contributed by atoms with Crippen molar-refractivity contribution in [2.45, 2.75) is 6.92 Å². The third kappa shape index (κ3) is 4.31. The molecule has 0 spiro atoms. The number of amides is 1. The molecule has 0 aliphatic carbocycles. The maximum absolute atomic E-state index is 13.8. The summed E-state index contributed by atoms with van der Waals surface area (Å²) >= 11 is 0. The van der Waals surface area contributed by atoms with Crippen LogP contribution in [0, 0.1) is 12.7 Å². The first-order chi connectivity index (χ1) is 14.1. The van der Waals surface area contributed by atoms with Crippen LogP contribution in [0.1, 0.15) is 15.9 Å². The number of halogens is 1. The van der Waals surface area contributed by atoms with Crippen LogP contribution in [0.15, 0.2) is 55.0 Å². The lowest BCUT2D eigenvalue weighted by Gasteiger charge is -2.35. The summed E-state index contributed by atoms with van der Waals surface area (Å²) in [5, 5.41) is 3.15. The highest BCUT2D eigenvalue weighted by Gasteiger charge is 2.23. The summed E-state index contributed by atoms with van der Waals surface area (Å²) < 4.78 is 13.8. The van der Waals surface area contributed by atoms with Crippen molar-refractivity contribution in [2.75, 3.05) is 36.4 Å². The van der Waals surface area contributed by atoms with Crippen molar-refractivity contribution >= 4 is 23.4 Å². The Hall–Kier alpha value is -3.55. The van der Waals surface area contributed by atoms with Crippen molar-refractivity contribution in [1.82, 2.24) is 19.9 Å². The summed E-state index contributed by atoms with van der Waals surface area (Å²) in [5.74, 6) is 1.64. The molecule has 0 saturated carbocycles. The third-order valence-corrected chi connectivity index (χ3v) is 4.88. The molecule has 1 N–H and O–H groups in total. The average molecular weight is 392 g/mol. The molecule has 8 heteroatoms. The zero-order valence-electron chi connectivity index (χ0n) is 16.0. The van der Waals surface area contributed by atoms with Crippen LogP contribution in [0.5, 0.6) is 0 Å². The van der Waals surface area contributed by atoms with E-state index in [9.17, 15) is 9.18 Å². The topological polar surface area (TPSA) is 74.2 Å². The Bertz CT molecular complexity index is 1010. The van der Waals surface area contributed by atoms with Crippen LogP contribution in [0.2, 0.25) is 0 Å². The largest absolute Gasteiger partial charge is 0.353 e. The van der Waals surface area contributed by atoms with E-state index in [1.165, 1.54) is 12.4 Å². The van der Waals surface area contributed by atoms with Crippen LogP contribution in [-0.2, 0) is 0 Å². The predicted molar refractivity (Wildman–Crippen MR) is 109 cm³/mol. The minimum atomic E-state index is -0.358. The number of aromatic nitrogens is 3. The Morgan fingerprint density at radius 3 is 2.55 bits per heavy atom. The summed E-state index contributed by atoms with van der Waals surface area (Å²) in [6, 6.07) is 12.1. The lowest BCUT2D eigenvalue weighted by atomic mass is 10.1. The molecule has 1 aliphatic heterocycles. The number of aryl methyl sites for hydroxylation is 1. The number of hydrogen-bond acceptors (Lipinski definition) is 6. The highest BCUT2D eigenvalue weighted by atomic mass is 19.1. The fraction of sp³-hybridized carbons (Fsp3) is 0.238. The Labute approximate surface area is 168 Å². The first-order valence-electron chi connectivity index (χ1n) is 9.40. The Kier molecular flexibility index (Phi) is 5.33. The molecule has 1 aromatic carbocycles. The number of carbonyl (C=O) groups excluding carboxylic acids is 1. The van der Waals surface area contributed by atoms with Crippen LogP contribution in [0.3, 0.4) is 0 Å². The number of piperazine rings is 1. The van der Waals surface area contributed by atoms with Gasteiger partial charge in [0.05, 0.1) is 0 Å².